The summed E-state index contributed by atoms with van der Waals surface area (Å²) in [5, 5.41) is 21.3. The average Bonchev–Trinajstić information content (AvgIpc) is 3.62. The zero-order valence-corrected chi connectivity index (χ0v) is 24.3. The van der Waals surface area contributed by atoms with E-state index in [0.29, 0.717) is 34.2 Å². The molecule has 4 aromatic heterocycles. The third-order valence-electron chi connectivity index (χ3n) is 8.16. The van der Waals surface area contributed by atoms with Gasteiger partial charge in [0.05, 0.1) is 11.4 Å². The van der Waals surface area contributed by atoms with E-state index in [0.717, 1.165) is 72.3 Å². The van der Waals surface area contributed by atoms with Crippen LogP contribution in [0.3, 0.4) is 0 Å². The van der Waals surface area contributed by atoms with Crippen molar-refractivity contribution in [2.45, 2.75) is 37.8 Å². The number of nitrogens with one attached hydrogen (secondary N) is 2. The van der Waals surface area contributed by atoms with Gasteiger partial charge in [0.1, 0.15) is 34.6 Å². The standard InChI is InChI=1S/C31H31N9O2S/c32-15-20-8-7-19(16-35-20)24-14-25(27-30(33)36-18-37-40(24)27)39-13-3-4-21(17-39)38-31(41)29-28(42-22-9-11-34-12-10-22)23-5-1-2-6-26(23)43-29/h1-2,5-8,14,16,18,21-22,34H,3-4,9-13,17H2,(H,38,41)(H2,33,36,37)/t21-/m1/s1. The summed E-state index contributed by atoms with van der Waals surface area (Å²) in [5.41, 5.74) is 9.93. The number of nitrogens with two attached hydrogens (primary N) is 1. The molecule has 0 aliphatic carbocycles. The molecule has 0 bridgehead atoms. The third kappa shape index (κ3) is 5.22. The molecule has 7 rings (SSSR count). The summed E-state index contributed by atoms with van der Waals surface area (Å²) in [6, 6.07) is 15.6. The van der Waals surface area contributed by atoms with E-state index in [-0.39, 0.29) is 18.1 Å². The average molecular weight is 594 g/mol. The van der Waals surface area contributed by atoms with Gasteiger partial charge in [0.25, 0.3) is 5.91 Å². The van der Waals surface area contributed by atoms with Crippen molar-refractivity contribution >= 4 is 44.4 Å². The summed E-state index contributed by atoms with van der Waals surface area (Å²) < 4.78 is 9.32. The number of fused-ring (bicyclic) bond motifs is 2. The normalized spacial score (nSPS) is 17.7. The van der Waals surface area contributed by atoms with Crippen LogP contribution in [0.15, 0.2) is 55.0 Å². The highest BCUT2D eigenvalue weighted by Gasteiger charge is 2.29. The summed E-state index contributed by atoms with van der Waals surface area (Å²) >= 11 is 1.48. The molecule has 11 nitrogen and oxygen atoms in total. The van der Waals surface area contributed by atoms with Gasteiger partial charge >= 0.3 is 0 Å². The summed E-state index contributed by atoms with van der Waals surface area (Å²) in [6.45, 7) is 3.25. The number of anilines is 2. The highest BCUT2D eigenvalue weighted by atomic mass is 32.1. The molecule has 6 heterocycles. The molecular formula is C31H31N9O2S. The molecular weight excluding hydrogens is 562 g/mol. The van der Waals surface area contributed by atoms with E-state index in [9.17, 15) is 4.79 Å². The minimum Gasteiger partial charge on any atom is -0.488 e. The minimum atomic E-state index is -0.106. The number of aromatic nitrogens is 4. The highest BCUT2D eigenvalue weighted by molar-refractivity contribution is 7.21. The molecule has 218 valence electrons. The first-order chi connectivity index (χ1) is 21.1. The number of amides is 1. The second-order valence-corrected chi connectivity index (χ2v) is 12.0. The predicted octanol–water partition coefficient (Wildman–Crippen LogP) is 3.99. The monoisotopic (exact) mass is 593 g/mol. The van der Waals surface area contributed by atoms with Crippen LogP contribution in [0.25, 0.3) is 26.9 Å². The Morgan fingerprint density at radius 3 is 2.84 bits per heavy atom. The summed E-state index contributed by atoms with van der Waals surface area (Å²) in [4.78, 5) is 25.2. The number of hydrogen-bond acceptors (Lipinski definition) is 10. The number of pyridine rings is 1. The van der Waals surface area contributed by atoms with Crippen LogP contribution in [0.1, 0.15) is 41.0 Å². The van der Waals surface area contributed by atoms with Gasteiger partial charge in [-0.15, -0.1) is 11.3 Å². The van der Waals surface area contributed by atoms with E-state index >= 15 is 0 Å². The van der Waals surface area contributed by atoms with Crippen LogP contribution in [-0.2, 0) is 0 Å². The number of rotatable bonds is 6. The van der Waals surface area contributed by atoms with Crippen LogP contribution in [0.5, 0.6) is 5.75 Å². The Kier molecular flexibility index (Phi) is 7.26. The van der Waals surface area contributed by atoms with Gasteiger partial charge in [-0.05, 0) is 69.1 Å². The Labute approximate surface area is 252 Å². The van der Waals surface area contributed by atoms with Gasteiger partial charge in [0.15, 0.2) is 11.6 Å². The maximum Gasteiger partial charge on any atom is 0.265 e. The van der Waals surface area contributed by atoms with Gasteiger partial charge in [-0.1, -0.05) is 12.1 Å². The number of thiophene rings is 1. The molecule has 2 fully saturated rings. The van der Waals surface area contributed by atoms with Gasteiger partial charge in [-0.2, -0.15) is 10.4 Å². The molecule has 1 atom stereocenters. The molecule has 4 N–H and O–H groups in total. The van der Waals surface area contributed by atoms with Crippen molar-refractivity contribution in [1.29, 1.82) is 5.26 Å². The number of benzene rings is 1. The lowest BCUT2D eigenvalue weighted by molar-refractivity contribution is 0.0928. The van der Waals surface area contributed by atoms with Crippen molar-refractivity contribution in [2.24, 2.45) is 0 Å². The number of ether oxygens (including phenoxy) is 1. The smallest absolute Gasteiger partial charge is 0.265 e. The van der Waals surface area contributed by atoms with Gasteiger partial charge in [-0.3, -0.25) is 4.79 Å². The largest absolute Gasteiger partial charge is 0.488 e. The van der Waals surface area contributed by atoms with Crippen LogP contribution in [0, 0.1) is 11.3 Å². The van der Waals surface area contributed by atoms with Gasteiger partial charge in [-0.25, -0.2) is 14.5 Å². The van der Waals surface area contributed by atoms with E-state index in [1.807, 2.05) is 36.4 Å². The summed E-state index contributed by atoms with van der Waals surface area (Å²) in [7, 11) is 0. The molecule has 2 aliphatic rings. The number of nitrogen functional groups attached to an aromatic ring is 1. The lowest BCUT2D eigenvalue weighted by Crippen LogP contribution is -2.47. The van der Waals surface area contributed by atoms with E-state index < -0.39 is 0 Å². The zero-order chi connectivity index (χ0) is 29.3. The topological polar surface area (TPSA) is 146 Å². The number of hydrogen-bond donors (Lipinski definition) is 3. The van der Waals surface area contributed by atoms with E-state index in [4.69, 9.17) is 15.7 Å². The number of nitrogens with zero attached hydrogens (tertiary/aromatic N) is 6. The fourth-order valence-electron chi connectivity index (χ4n) is 6.04. The van der Waals surface area contributed by atoms with Gasteiger partial charge < -0.3 is 26.0 Å². The fraction of sp³-hybridized carbons (Fsp3) is 0.323. The predicted molar refractivity (Wildman–Crippen MR) is 166 cm³/mol. The van der Waals surface area contributed by atoms with Crippen molar-refractivity contribution in [3.63, 3.8) is 0 Å². The van der Waals surface area contributed by atoms with Crippen molar-refractivity contribution in [1.82, 2.24) is 30.2 Å². The molecule has 0 saturated carbocycles. The van der Waals surface area contributed by atoms with Gasteiger partial charge in [0.2, 0.25) is 0 Å². The number of nitriles is 1. The molecule has 2 saturated heterocycles. The molecule has 1 amide bonds. The Hall–Kier alpha value is -4.73. The van der Waals surface area contributed by atoms with Crippen molar-refractivity contribution in [3.05, 3.63) is 65.6 Å². The Morgan fingerprint density at radius 2 is 2.02 bits per heavy atom. The van der Waals surface area contributed by atoms with E-state index in [1.54, 1.807) is 16.8 Å². The van der Waals surface area contributed by atoms with E-state index in [2.05, 4.69) is 36.7 Å². The molecule has 0 spiro atoms. The Balaban J connectivity index is 1.16. The fourth-order valence-corrected chi connectivity index (χ4v) is 7.08. The third-order valence-corrected chi connectivity index (χ3v) is 9.31. The second-order valence-electron chi connectivity index (χ2n) is 10.9. The molecule has 1 aromatic carbocycles. The zero-order valence-electron chi connectivity index (χ0n) is 23.5. The number of carbonyl (C=O) groups excluding carboxylic acids is 1. The van der Waals surface area contributed by atoms with Crippen molar-refractivity contribution in [3.8, 4) is 23.1 Å². The van der Waals surface area contributed by atoms with Crippen LogP contribution < -0.4 is 26.0 Å². The minimum absolute atomic E-state index is 0.0703. The first-order valence-electron chi connectivity index (χ1n) is 14.5. The van der Waals surface area contributed by atoms with Gasteiger partial charge in [0, 0.05) is 41.0 Å². The quantitative estimate of drug-likeness (QED) is 0.266. The maximum atomic E-state index is 13.8. The first-order valence-corrected chi connectivity index (χ1v) is 15.3. The first kappa shape index (κ1) is 27.1. The SMILES string of the molecule is N#Cc1ccc(-c2cc(N3CCC[C@@H](NC(=O)c4sc5ccccc5c4OC4CCNCC4)C3)c3c(N)ncnn23)cn1. The molecule has 5 aromatic rings. The summed E-state index contributed by atoms with van der Waals surface area (Å²) in [5.74, 6) is 0.960. The summed E-state index contributed by atoms with van der Waals surface area (Å²) in [6.07, 6.45) is 6.78. The Morgan fingerprint density at radius 1 is 1.16 bits per heavy atom. The van der Waals surface area contributed by atoms with Crippen molar-refractivity contribution in [2.75, 3.05) is 36.8 Å². The second kappa shape index (κ2) is 11.5. The lowest BCUT2D eigenvalue weighted by atomic mass is 10.0. The Bertz CT molecular complexity index is 1840. The van der Waals surface area contributed by atoms with Crippen molar-refractivity contribution < 1.29 is 9.53 Å². The highest BCUT2D eigenvalue weighted by Crippen LogP contribution is 2.39. The number of carbonyl (C=O) groups is 1. The van der Waals surface area contributed by atoms with Crippen LogP contribution in [-0.4, -0.2) is 63.8 Å². The molecule has 0 radical (unpaired) electrons. The molecule has 12 heteroatoms. The van der Waals surface area contributed by atoms with Crippen LogP contribution >= 0.6 is 11.3 Å². The molecule has 2 aliphatic heterocycles. The lowest BCUT2D eigenvalue weighted by Gasteiger charge is -2.34. The number of piperidine rings is 2. The maximum absolute atomic E-state index is 13.8. The molecule has 43 heavy (non-hydrogen) atoms. The van der Waals surface area contributed by atoms with Crippen LogP contribution in [0.4, 0.5) is 11.5 Å². The van der Waals surface area contributed by atoms with E-state index in [1.165, 1.54) is 17.7 Å². The van der Waals surface area contributed by atoms with Crippen LogP contribution in [0.2, 0.25) is 0 Å². The molecule has 0 unspecified atom stereocenters.